The highest BCUT2D eigenvalue weighted by atomic mass is 16.5. The first-order valence-electron chi connectivity index (χ1n) is 6.03. The lowest BCUT2D eigenvalue weighted by Crippen LogP contribution is -2.05. The van der Waals surface area contributed by atoms with Crippen LogP contribution >= 0.6 is 0 Å². The van der Waals surface area contributed by atoms with Crippen LogP contribution in [-0.4, -0.2) is 17.7 Å². The Bertz CT molecular complexity index is 343. The zero-order valence-corrected chi connectivity index (χ0v) is 10.5. The lowest BCUT2D eigenvalue weighted by atomic mass is 10.1. The molecule has 3 heteroatoms. The molecule has 0 aliphatic rings. The third-order valence-electron chi connectivity index (χ3n) is 2.65. The predicted molar refractivity (Wildman–Crippen MR) is 67.1 cm³/mol. The molecular formula is C14H20O3. The van der Waals surface area contributed by atoms with Crippen molar-refractivity contribution in [2.24, 2.45) is 5.92 Å². The number of benzene rings is 1. The van der Waals surface area contributed by atoms with Crippen molar-refractivity contribution < 1.29 is 14.6 Å². The van der Waals surface area contributed by atoms with Gasteiger partial charge in [-0.3, -0.25) is 0 Å². The number of carbonyl (C=O) groups is 1. The highest BCUT2D eigenvalue weighted by Gasteiger charge is 2.03. The summed E-state index contributed by atoms with van der Waals surface area (Å²) in [6.45, 7) is 5.65. The molecule has 0 saturated carbocycles. The average molecular weight is 236 g/mol. The first-order chi connectivity index (χ1) is 8.13. The van der Waals surface area contributed by atoms with Crippen LogP contribution in [0.25, 0.3) is 0 Å². The number of hydrogen-bond acceptors (Lipinski definition) is 2. The molecule has 0 aromatic heterocycles. The molecule has 1 unspecified atom stereocenters. The van der Waals surface area contributed by atoms with Crippen molar-refractivity contribution in [3.05, 3.63) is 35.4 Å². The molecule has 0 amide bonds. The summed E-state index contributed by atoms with van der Waals surface area (Å²) in [7, 11) is 0. The summed E-state index contributed by atoms with van der Waals surface area (Å²) in [6, 6.07) is 6.81. The number of rotatable bonds is 7. The van der Waals surface area contributed by atoms with Crippen LogP contribution in [-0.2, 0) is 11.3 Å². The third kappa shape index (κ3) is 5.00. The number of carboxylic acid groups (broad SMARTS) is 1. The molecule has 0 spiro atoms. The van der Waals surface area contributed by atoms with Gasteiger partial charge in [0.2, 0.25) is 0 Å². The predicted octanol–water partition coefficient (Wildman–Crippen LogP) is 3.34. The molecule has 0 radical (unpaired) electrons. The van der Waals surface area contributed by atoms with E-state index in [4.69, 9.17) is 9.84 Å². The molecule has 17 heavy (non-hydrogen) atoms. The van der Waals surface area contributed by atoms with E-state index >= 15 is 0 Å². The van der Waals surface area contributed by atoms with Gasteiger partial charge in [0.25, 0.3) is 0 Å². The second-order valence-corrected chi connectivity index (χ2v) is 4.41. The van der Waals surface area contributed by atoms with Crippen LogP contribution in [0.5, 0.6) is 0 Å². The van der Waals surface area contributed by atoms with E-state index in [1.165, 1.54) is 12.8 Å². The lowest BCUT2D eigenvalue weighted by Gasteiger charge is -2.10. The molecule has 1 N–H and O–H groups in total. The fourth-order valence-corrected chi connectivity index (χ4v) is 1.70. The van der Waals surface area contributed by atoms with Crippen molar-refractivity contribution in [3.63, 3.8) is 0 Å². The largest absolute Gasteiger partial charge is 0.478 e. The van der Waals surface area contributed by atoms with E-state index in [-0.39, 0.29) is 0 Å². The third-order valence-corrected chi connectivity index (χ3v) is 2.65. The first kappa shape index (κ1) is 13.7. The summed E-state index contributed by atoms with van der Waals surface area (Å²) in [5.41, 5.74) is 1.33. The Morgan fingerprint density at radius 1 is 1.35 bits per heavy atom. The number of carboxylic acids is 1. The van der Waals surface area contributed by atoms with Crippen molar-refractivity contribution >= 4 is 5.97 Å². The van der Waals surface area contributed by atoms with Gasteiger partial charge in [0.1, 0.15) is 0 Å². The fourth-order valence-electron chi connectivity index (χ4n) is 1.70. The van der Waals surface area contributed by atoms with Gasteiger partial charge >= 0.3 is 5.97 Å². The van der Waals surface area contributed by atoms with Crippen molar-refractivity contribution in [2.75, 3.05) is 6.61 Å². The van der Waals surface area contributed by atoms with E-state index in [9.17, 15) is 4.79 Å². The van der Waals surface area contributed by atoms with Gasteiger partial charge in [-0.15, -0.1) is 0 Å². The first-order valence-corrected chi connectivity index (χ1v) is 6.03. The summed E-state index contributed by atoms with van der Waals surface area (Å²) in [6.07, 6.45) is 2.36. The molecular weight excluding hydrogens is 216 g/mol. The highest BCUT2D eigenvalue weighted by Crippen LogP contribution is 2.09. The second-order valence-electron chi connectivity index (χ2n) is 4.41. The molecule has 1 aromatic rings. The van der Waals surface area contributed by atoms with Gasteiger partial charge in [0.15, 0.2) is 0 Å². The molecule has 1 rings (SSSR count). The normalized spacial score (nSPS) is 12.4. The van der Waals surface area contributed by atoms with Crippen LogP contribution in [0.2, 0.25) is 0 Å². The molecule has 94 valence electrons. The monoisotopic (exact) mass is 236 g/mol. The van der Waals surface area contributed by atoms with E-state index in [0.717, 1.165) is 12.2 Å². The van der Waals surface area contributed by atoms with E-state index in [2.05, 4.69) is 13.8 Å². The van der Waals surface area contributed by atoms with Crippen molar-refractivity contribution in [1.29, 1.82) is 0 Å². The van der Waals surface area contributed by atoms with Crippen molar-refractivity contribution in [1.82, 2.24) is 0 Å². The van der Waals surface area contributed by atoms with Gasteiger partial charge in [-0.1, -0.05) is 32.4 Å². The number of aromatic carboxylic acids is 1. The maximum absolute atomic E-state index is 10.7. The van der Waals surface area contributed by atoms with E-state index in [1.807, 2.05) is 0 Å². The van der Waals surface area contributed by atoms with Gasteiger partial charge in [0.05, 0.1) is 12.2 Å². The van der Waals surface area contributed by atoms with Crippen molar-refractivity contribution in [2.45, 2.75) is 33.3 Å². The molecule has 0 aliphatic heterocycles. The van der Waals surface area contributed by atoms with E-state index in [0.29, 0.717) is 18.1 Å². The SMILES string of the molecule is CCCC(C)COCc1ccc(C(=O)O)cc1. The van der Waals surface area contributed by atoms with Crippen LogP contribution in [0.1, 0.15) is 42.6 Å². The second kappa shape index (κ2) is 7.07. The Balaban J connectivity index is 2.34. The Morgan fingerprint density at radius 3 is 2.53 bits per heavy atom. The molecule has 0 heterocycles. The van der Waals surface area contributed by atoms with Gasteiger partial charge < -0.3 is 9.84 Å². The molecule has 1 atom stereocenters. The smallest absolute Gasteiger partial charge is 0.335 e. The minimum Gasteiger partial charge on any atom is -0.478 e. The molecule has 1 aromatic carbocycles. The maximum Gasteiger partial charge on any atom is 0.335 e. The Labute approximate surface area is 102 Å². The lowest BCUT2D eigenvalue weighted by molar-refractivity contribution is 0.0696. The Morgan fingerprint density at radius 2 is 2.00 bits per heavy atom. The van der Waals surface area contributed by atoms with Crippen LogP contribution in [0.15, 0.2) is 24.3 Å². The molecule has 0 bridgehead atoms. The summed E-state index contributed by atoms with van der Waals surface area (Å²) >= 11 is 0. The number of hydrogen-bond donors (Lipinski definition) is 1. The molecule has 0 aliphatic carbocycles. The summed E-state index contributed by atoms with van der Waals surface area (Å²) in [4.78, 5) is 10.7. The molecule has 3 nitrogen and oxygen atoms in total. The minimum atomic E-state index is -0.894. The van der Waals surface area contributed by atoms with Gasteiger partial charge in [-0.05, 0) is 30.0 Å². The summed E-state index contributed by atoms with van der Waals surface area (Å²) in [5, 5.41) is 8.75. The van der Waals surface area contributed by atoms with Gasteiger partial charge in [-0.2, -0.15) is 0 Å². The zero-order chi connectivity index (χ0) is 12.7. The van der Waals surface area contributed by atoms with Crippen molar-refractivity contribution in [3.8, 4) is 0 Å². The van der Waals surface area contributed by atoms with E-state index in [1.54, 1.807) is 24.3 Å². The van der Waals surface area contributed by atoms with Gasteiger partial charge in [-0.25, -0.2) is 4.79 Å². The van der Waals surface area contributed by atoms with Crippen LogP contribution in [0.3, 0.4) is 0 Å². The summed E-state index contributed by atoms with van der Waals surface area (Å²) in [5.74, 6) is -0.313. The van der Waals surface area contributed by atoms with Crippen LogP contribution in [0.4, 0.5) is 0 Å². The zero-order valence-electron chi connectivity index (χ0n) is 10.5. The van der Waals surface area contributed by atoms with Crippen LogP contribution < -0.4 is 0 Å². The Kier molecular flexibility index (Phi) is 5.70. The number of ether oxygens (including phenoxy) is 1. The maximum atomic E-state index is 10.7. The quantitative estimate of drug-likeness (QED) is 0.789. The summed E-state index contributed by atoms with van der Waals surface area (Å²) < 4.78 is 5.59. The molecule has 0 fully saturated rings. The topological polar surface area (TPSA) is 46.5 Å². The molecule has 0 saturated heterocycles. The Hall–Kier alpha value is -1.35. The minimum absolute atomic E-state index is 0.313. The van der Waals surface area contributed by atoms with E-state index < -0.39 is 5.97 Å². The average Bonchev–Trinajstić information content (AvgIpc) is 2.30. The standard InChI is InChI=1S/C14H20O3/c1-3-4-11(2)9-17-10-12-5-7-13(8-6-12)14(15)16/h5-8,11H,3-4,9-10H2,1-2H3,(H,15,16). The highest BCUT2D eigenvalue weighted by molar-refractivity contribution is 5.87. The fraction of sp³-hybridized carbons (Fsp3) is 0.500. The van der Waals surface area contributed by atoms with Gasteiger partial charge in [0, 0.05) is 6.61 Å². The van der Waals surface area contributed by atoms with Crippen LogP contribution in [0, 0.1) is 5.92 Å².